The van der Waals surface area contributed by atoms with Gasteiger partial charge in [-0.3, -0.25) is 0 Å². The quantitative estimate of drug-likeness (QED) is 0.747. The number of hydrogen-bond donors (Lipinski definition) is 1. The molecule has 1 aromatic heterocycles. The number of aromatic nitrogens is 2. The van der Waals surface area contributed by atoms with Crippen molar-refractivity contribution in [3.05, 3.63) is 18.7 Å². The van der Waals surface area contributed by atoms with Crippen molar-refractivity contribution in [1.29, 1.82) is 0 Å². The fourth-order valence-electron chi connectivity index (χ4n) is 2.40. The van der Waals surface area contributed by atoms with Crippen LogP contribution in [0.2, 0.25) is 0 Å². The molecule has 1 fully saturated rings. The van der Waals surface area contributed by atoms with Crippen molar-refractivity contribution in [3.8, 4) is 0 Å². The second-order valence-corrected chi connectivity index (χ2v) is 4.72. The molecule has 1 heterocycles. The maximum atomic E-state index is 5.91. The Kier molecular flexibility index (Phi) is 3.41. The van der Waals surface area contributed by atoms with Gasteiger partial charge in [0.15, 0.2) is 0 Å². The van der Waals surface area contributed by atoms with Crippen molar-refractivity contribution in [2.45, 2.75) is 51.7 Å². The minimum atomic E-state index is 0.464. The standard InChI is InChI=1S/C12H22N3/c1-2-14-7-8-15(10-14)9-11-3-5-12(13)6-4-11/h7-8,10-12H,2-6,9,13H2,1H3/q+1. The molecular formula is C12H22N3+. The van der Waals surface area contributed by atoms with E-state index in [9.17, 15) is 0 Å². The van der Waals surface area contributed by atoms with Crippen LogP contribution in [-0.4, -0.2) is 10.6 Å². The number of nitrogens with two attached hydrogens (primary N) is 1. The van der Waals surface area contributed by atoms with Gasteiger partial charge >= 0.3 is 0 Å². The van der Waals surface area contributed by atoms with E-state index in [4.69, 9.17) is 5.73 Å². The molecule has 0 amide bonds. The smallest absolute Gasteiger partial charge is 0.243 e. The number of nitrogens with zero attached hydrogens (tertiary/aromatic N) is 2. The van der Waals surface area contributed by atoms with Gasteiger partial charge in [0.1, 0.15) is 12.4 Å². The predicted molar refractivity (Wildman–Crippen MR) is 60.2 cm³/mol. The Hall–Kier alpha value is -0.830. The van der Waals surface area contributed by atoms with Crippen LogP contribution < -0.4 is 10.3 Å². The van der Waals surface area contributed by atoms with Crippen LogP contribution in [0.3, 0.4) is 0 Å². The Morgan fingerprint density at radius 2 is 2.07 bits per heavy atom. The first-order valence-electron chi connectivity index (χ1n) is 6.08. The van der Waals surface area contributed by atoms with Gasteiger partial charge in [0, 0.05) is 6.04 Å². The summed E-state index contributed by atoms with van der Waals surface area (Å²) in [5.41, 5.74) is 5.91. The molecule has 2 rings (SSSR count). The van der Waals surface area contributed by atoms with Gasteiger partial charge < -0.3 is 5.73 Å². The van der Waals surface area contributed by atoms with Gasteiger partial charge in [0.05, 0.1) is 13.1 Å². The zero-order chi connectivity index (χ0) is 10.7. The van der Waals surface area contributed by atoms with Crippen molar-refractivity contribution in [1.82, 2.24) is 4.57 Å². The van der Waals surface area contributed by atoms with Crippen molar-refractivity contribution < 1.29 is 4.57 Å². The molecule has 3 heteroatoms. The van der Waals surface area contributed by atoms with Gasteiger partial charge in [-0.2, -0.15) is 0 Å². The Bertz CT molecular complexity index is 298. The maximum Gasteiger partial charge on any atom is 0.243 e. The Morgan fingerprint density at radius 3 is 2.67 bits per heavy atom. The predicted octanol–water partition coefficient (Wildman–Crippen LogP) is 1.31. The summed E-state index contributed by atoms with van der Waals surface area (Å²) in [4.78, 5) is 0. The second kappa shape index (κ2) is 4.79. The average Bonchev–Trinajstić information content (AvgIpc) is 2.69. The third-order valence-electron chi connectivity index (χ3n) is 3.47. The first kappa shape index (κ1) is 10.7. The van der Waals surface area contributed by atoms with E-state index in [1.165, 1.54) is 32.2 Å². The fourth-order valence-corrected chi connectivity index (χ4v) is 2.40. The highest BCUT2D eigenvalue weighted by Gasteiger charge is 2.20. The molecule has 15 heavy (non-hydrogen) atoms. The molecule has 0 spiro atoms. The van der Waals surface area contributed by atoms with Crippen molar-refractivity contribution in [2.75, 3.05) is 0 Å². The highest BCUT2D eigenvalue weighted by Crippen LogP contribution is 2.22. The van der Waals surface area contributed by atoms with Gasteiger partial charge in [-0.25, -0.2) is 9.13 Å². The van der Waals surface area contributed by atoms with Gasteiger partial charge in [-0.1, -0.05) is 0 Å². The normalized spacial score (nSPS) is 26.8. The monoisotopic (exact) mass is 208 g/mol. The summed E-state index contributed by atoms with van der Waals surface area (Å²) in [7, 11) is 0. The van der Waals surface area contributed by atoms with Gasteiger partial charge in [0.2, 0.25) is 6.33 Å². The summed E-state index contributed by atoms with van der Waals surface area (Å²) >= 11 is 0. The van der Waals surface area contributed by atoms with E-state index in [0.29, 0.717) is 6.04 Å². The fraction of sp³-hybridized carbons (Fsp3) is 0.750. The van der Waals surface area contributed by atoms with Crippen LogP contribution in [0.4, 0.5) is 0 Å². The van der Waals surface area contributed by atoms with Gasteiger partial charge in [-0.15, -0.1) is 0 Å². The first-order valence-corrected chi connectivity index (χ1v) is 6.08. The lowest BCUT2D eigenvalue weighted by Crippen LogP contribution is -2.38. The topological polar surface area (TPSA) is 34.8 Å². The number of hydrogen-bond acceptors (Lipinski definition) is 1. The van der Waals surface area contributed by atoms with E-state index in [0.717, 1.165) is 12.5 Å². The molecular weight excluding hydrogens is 186 g/mol. The Labute approximate surface area is 91.9 Å². The van der Waals surface area contributed by atoms with E-state index in [2.05, 4.69) is 34.8 Å². The highest BCUT2D eigenvalue weighted by atomic mass is 15.1. The summed E-state index contributed by atoms with van der Waals surface area (Å²) < 4.78 is 4.53. The van der Waals surface area contributed by atoms with Crippen LogP contribution in [0, 0.1) is 5.92 Å². The molecule has 0 radical (unpaired) electrons. The minimum absolute atomic E-state index is 0.464. The summed E-state index contributed by atoms with van der Waals surface area (Å²) in [6.07, 6.45) is 11.5. The Morgan fingerprint density at radius 1 is 1.33 bits per heavy atom. The molecule has 0 atom stereocenters. The third kappa shape index (κ3) is 2.81. The largest absolute Gasteiger partial charge is 0.328 e. The minimum Gasteiger partial charge on any atom is -0.328 e. The third-order valence-corrected chi connectivity index (χ3v) is 3.47. The molecule has 0 bridgehead atoms. The van der Waals surface area contributed by atoms with Gasteiger partial charge in [0.25, 0.3) is 0 Å². The molecule has 3 nitrogen and oxygen atoms in total. The van der Waals surface area contributed by atoms with E-state index in [1.807, 2.05) is 0 Å². The maximum absolute atomic E-state index is 5.91. The summed E-state index contributed by atoms with van der Waals surface area (Å²) in [5.74, 6) is 0.836. The van der Waals surface area contributed by atoms with Crippen molar-refractivity contribution in [3.63, 3.8) is 0 Å². The number of rotatable bonds is 3. The molecule has 0 aliphatic heterocycles. The Balaban J connectivity index is 1.86. The van der Waals surface area contributed by atoms with Gasteiger partial charge in [-0.05, 0) is 38.5 Å². The van der Waals surface area contributed by atoms with Crippen LogP contribution in [0.5, 0.6) is 0 Å². The zero-order valence-corrected chi connectivity index (χ0v) is 9.60. The molecule has 0 saturated heterocycles. The molecule has 0 unspecified atom stereocenters. The van der Waals surface area contributed by atoms with Crippen LogP contribution in [-0.2, 0) is 13.1 Å². The van der Waals surface area contributed by atoms with Crippen LogP contribution in [0.1, 0.15) is 32.6 Å². The SMILES string of the molecule is CCn1cc[n+](CC2CCC(N)CC2)c1. The number of aryl methyl sites for hydroxylation is 1. The second-order valence-electron chi connectivity index (χ2n) is 4.72. The number of imidazole rings is 1. The first-order chi connectivity index (χ1) is 7.28. The molecule has 1 aromatic rings. The summed E-state index contributed by atoms with van der Waals surface area (Å²) in [6, 6.07) is 0.464. The highest BCUT2D eigenvalue weighted by molar-refractivity contribution is 4.73. The van der Waals surface area contributed by atoms with Crippen LogP contribution in [0.25, 0.3) is 0 Å². The van der Waals surface area contributed by atoms with Crippen molar-refractivity contribution >= 4 is 0 Å². The lowest BCUT2D eigenvalue weighted by molar-refractivity contribution is -0.703. The molecule has 1 saturated carbocycles. The van der Waals surface area contributed by atoms with E-state index >= 15 is 0 Å². The van der Waals surface area contributed by atoms with Crippen LogP contribution in [0.15, 0.2) is 18.7 Å². The lowest BCUT2D eigenvalue weighted by atomic mass is 9.86. The molecule has 84 valence electrons. The molecule has 0 aromatic carbocycles. The molecule has 1 aliphatic carbocycles. The molecule has 1 aliphatic rings. The van der Waals surface area contributed by atoms with E-state index in [1.54, 1.807) is 0 Å². The van der Waals surface area contributed by atoms with Crippen LogP contribution >= 0.6 is 0 Å². The van der Waals surface area contributed by atoms with E-state index < -0.39 is 0 Å². The zero-order valence-electron chi connectivity index (χ0n) is 9.60. The molecule has 2 N–H and O–H groups in total. The lowest BCUT2D eigenvalue weighted by Gasteiger charge is -2.24. The van der Waals surface area contributed by atoms with E-state index in [-0.39, 0.29) is 0 Å². The summed E-state index contributed by atoms with van der Waals surface area (Å²) in [5, 5.41) is 0. The average molecular weight is 208 g/mol. The van der Waals surface area contributed by atoms with Crippen molar-refractivity contribution in [2.24, 2.45) is 11.7 Å². The summed E-state index contributed by atoms with van der Waals surface area (Å²) in [6.45, 7) is 4.40.